The molecule has 3 aliphatic rings. The van der Waals surface area contributed by atoms with E-state index in [1.54, 1.807) is 14.0 Å². The SMILES string of the molecule is CN[C@H]1[C@@H](O)[C@H](O[C@H]2[C@@H](O)[C@H](O[C@H]3O[C@@H](CN)CC[C@@H]3N)[C@H](N)C[C@H]2N)OC[C@]1(C)O. The molecule has 3 fully saturated rings. The zero-order chi connectivity index (χ0) is 22.9. The van der Waals surface area contributed by atoms with E-state index in [9.17, 15) is 15.3 Å². The van der Waals surface area contributed by atoms with Crippen molar-refractivity contribution in [2.45, 2.75) is 99.1 Å². The highest BCUT2D eigenvalue weighted by atomic mass is 16.7. The van der Waals surface area contributed by atoms with Crippen LogP contribution in [-0.4, -0.2) is 108 Å². The number of nitrogens with two attached hydrogens (primary N) is 4. The van der Waals surface area contributed by atoms with Crippen molar-refractivity contribution in [3.63, 3.8) is 0 Å². The van der Waals surface area contributed by atoms with E-state index in [2.05, 4.69) is 5.32 Å². The van der Waals surface area contributed by atoms with E-state index >= 15 is 0 Å². The van der Waals surface area contributed by atoms with Crippen LogP contribution in [0, 0.1) is 0 Å². The summed E-state index contributed by atoms with van der Waals surface area (Å²) < 4.78 is 23.3. The van der Waals surface area contributed by atoms with Crippen molar-refractivity contribution in [1.82, 2.24) is 5.32 Å². The Bertz CT molecular complexity index is 588. The van der Waals surface area contributed by atoms with Crippen molar-refractivity contribution in [2.75, 3.05) is 20.2 Å². The molecule has 3 rings (SSSR count). The van der Waals surface area contributed by atoms with E-state index in [1.165, 1.54) is 0 Å². The molecule has 2 heterocycles. The van der Waals surface area contributed by atoms with Crippen molar-refractivity contribution in [3.05, 3.63) is 0 Å². The maximum atomic E-state index is 11.0. The third-order valence-electron chi connectivity index (χ3n) is 6.55. The van der Waals surface area contributed by atoms with Crippen LogP contribution in [0.15, 0.2) is 0 Å². The molecule has 12 N–H and O–H groups in total. The second-order valence-electron chi connectivity index (χ2n) is 9.15. The Kier molecular flexibility index (Phi) is 8.27. The molecule has 0 aromatic carbocycles. The van der Waals surface area contributed by atoms with Crippen LogP contribution in [0.3, 0.4) is 0 Å². The molecule has 0 unspecified atom stereocenters. The average molecular weight is 450 g/mol. The molecule has 12 nitrogen and oxygen atoms in total. The first kappa shape index (κ1) is 25.1. The van der Waals surface area contributed by atoms with Gasteiger partial charge < -0.3 is 62.5 Å². The second-order valence-corrected chi connectivity index (χ2v) is 9.15. The number of rotatable bonds is 6. The van der Waals surface area contributed by atoms with Gasteiger partial charge in [-0.1, -0.05) is 0 Å². The zero-order valence-electron chi connectivity index (χ0n) is 18.2. The van der Waals surface area contributed by atoms with Crippen LogP contribution in [0.2, 0.25) is 0 Å². The van der Waals surface area contributed by atoms with Gasteiger partial charge in [0.05, 0.1) is 24.8 Å². The lowest BCUT2D eigenvalue weighted by Gasteiger charge is -2.48. The summed E-state index contributed by atoms with van der Waals surface area (Å²) in [7, 11) is 1.62. The third kappa shape index (κ3) is 5.37. The fourth-order valence-electron chi connectivity index (χ4n) is 4.69. The van der Waals surface area contributed by atoms with Crippen LogP contribution >= 0.6 is 0 Å². The standard InChI is InChI=1S/C19H39N5O7/c1-19(27)7-28-18(13(26)16(19)24-2)31-15-11(23)5-10(22)14(12(15)25)30-17-9(21)4-3-8(6-20)29-17/h8-18,24-27H,3-7,20-23H2,1-2H3/t8-,9+,10-,11-,12+,13-,14-,15-,16+,17-,18+,19+/m1/s1. The topological polar surface area (TPSA) is 214 Å². The number of hydrogen-bond donors (Lipinski definition) is 8. The highest BCUT2D eigenvalue weighted by Gasteiger charge is 2.50. The minimum atomic E-state index is -1.29. The number of ether oxygens (including phenoxy) is 4. The normalized spacial score (nSPS) is 51.6. The monoisotopic (exact) mass is 449 g/mol. The predicted molar refractivity (Wildman–Crippen MR) is 110 cm³/mol. The average Bonchev–Trinajstić information content (AvgIpc) is 2.71. The molecule has 0 aromatic heterocycles. The van der Waals surface area contributed by atoms with Crippen molar-refractivity contribution >= 4 is 0 Å². The molecular formula is C19H39N5O7. The fraction of sp³-hybridized carbons (Fsp3) is 1.00. The van der Waals surface area contributed by atoms with E-state index in [0.717, 1.165) is 6.42 Å². The first-order valence-corrected chi connectivity index (χ1v) is 10.9. The van der Waals surface area contributed by atoms with Crippen LogP contribution in [0.1, 0.15) is 26.2 Å². The Labute approximate surface area is 182 Å². The number of nitrogens with one attached hydrogen (secondary N) is 1. The van der Waals surface area contributed by atoms with Crippen LogP contribution in [0.4, 0.5) is 0 Å². The highest BCUT2D eigenvalue weighted by Crippen LogP contribution is 2.31. The molecule has 31 heavy (non-hydrogen) atoms. The summed E-state index contributed by atoms with van der Waals surface area (Å²) in [6, 6.07) is -2.26. The van der Waals surface area contributed by atoms with Crippen molar-refractivity contribution in [1.29, 1.82) is 0 Å². The molecule has 0 amide bonds. The van der Waals surface area contributed by atoms with Gasteiger partial charge in [-0.05, 0) is 33.2 Å². The first-order valence-electron chi connectivity index (χ1n) is 10.9. The summed E-state index contributed by atoms with van der Waals surface area (Å²) >= 11 is 0. The minimum absolute atomic E-state index is 0.0665. The number of aliphatic hydroxyl groups is 3. The van der Waals surface area contributed by atoms with Gasteiger partial charge in [-0.3, -0.25) is 0 Å². The quantitative estimate of drug-likeness (QED) is 0.195. The molecule has 12 heteroatoms. The minimum Gasteiger partial charge on any atom is -0.388 e. The van der Waals surface area contributed by atoms with E-state index < -0.39 is 60.7 Å². The largest absolute Gasteiger partial charge is 0.388 e. The summed E-state index contributed by atoms with van der Waals surface area (Å²) in [5, 5.41) is 34.9. The molecule has 0 radical (unpaired) electrons. The maximum absolute atomic E-state index is 11.0. The fourth-order valence-corrected chi connectivity index (χ4v) is 4.69. The van der Waals surface area contributed by atoms with E-state index in [0.29, 0.717) is 19.4 Å². The molecule has 12 atom stereocenters. The lowest BCUT2D eigenvalue weighted by Crippen LogP contribution is -2.68. The van der Waals surface area contributed by atoms with Gasteiger partial charge in [-0.2, -0.15) is 0 Å². The highest BCUT2D eigenvalue weighted by molar-refractivity contribution is 5.01. The summed E-state index contributed by atoms with van der Waals surface area (Å²) in [4.78, 5) is 0. The van der Waals surface area contributed by atoms with Gasteiger partial charge in [-0.25, -0.2) is 0 Å². The van der Waals surface area contributed by atoms with Crippen LogP contribution < -0.4 is 28.3 Å². The lowest BCUT2D eigenvalue weighted by molar-refractivity contribution is -0.306. The van der Waals surface area contributed by atoms with E-state index in [-0.39, 0.29) is 18.8 Å². The van der Waals surface area contributed by atoms with Crippen LogP contribution in [-0.2, 0) is 18.9 Å². The molecule has 182 valence electrons. The summed E-state index contributed by atoms with van der Waals surface area (Å²) in [6.45, 7) is 1.83. The predicted octanol–water partition coefficient (Wildman–Crippen LogP) is -3.98. The Morgan fingerprint density at radius 1 is 1.00 bits per heavy atom. The van der Waals surface area contributed by atoms with E-state index in [4.69, 9.17) is 41.9 Å². The Morgan fingerprint density at radius 3 is 2.19 bits per heavy atom. The molecule has 2 saturated heterocycles. The maximum Gasteiger partial charge on any atom is 0.185 e. The summed E-state index contributed by atoms with van der Waals surface area (Å²) in [5.74, 6) is 0. The van der Waals surface area contributed by atoms with Gasteiger partial charge in [0, 0.05) is 18.6 Å². The summed E-state index contributed by atoms with van der Waals surface area (Å²) in [5.41, 5.74) is 23.0. The number of aliphatic hydroxyl groups excluding tert-OH is 2. The van der Waals surface area contributed by atoms with Gasteiger partial charge in [0.1, 0.15) is 30.0 Å². The smallest absolute Gasteiger partial charge is 0.185 e. The Balaban J connectivity index is 1.68. The van der Waals surface area contributed by atoms with Crippen molar-refractivity contribution in [2.24, 2.45) is 22.9 Å². The molecule has 1 saturated carbocycles. The molecule has 0 spiro atoms. The number of hydrogen-bond acceptors (Lipinski definition) is 12. The number of likely N-dealkylation sites (N-methyl/N-ethyl adjacent to an activating group) is 1. The molecule has 0 bridgehead atoms. The molecular weight excluding hydrogens is 410 g/mol. The Morgan fingerprint density at radius 2 is 1.61 bits per heavy atom. The van der Waals surface area contributed by atoms with E-state index in [1.807, 2.05) is 0 Å². The second kappa shape index (κ2) is 10.2. The molecule has 1 aliphatic carbocycles. The lowest BCUT2D eigenvalue weighted by atomic mass is 9.84. The van der Waals surface area contributed by atoms with Gasteiger partial charge in [0.25, 0.3) is 0 Å². The van der Waals surface area contributed by atoms with Gasteiger partial charge in [-0.15, -0.1) is 0 Å². The van der Waals surface area contributed by atoms with Gasteiger partial charge in [0.15, 0.2) is 12.6 Å². The first-order chi connectivity index (χ1) is 14.6. The third-order valence-corrected chi connectivity index (χ3v) is 6.55. The van der Waals surface area contributed by atoms with Gasteiger partial charge in [0.2, 0.25) is 0 Å². The molecule has 2 aliphatic heterocycles. The molecule has 0 aromatic rings. The van der Waals surface area contributed by atoms with Gasteiger partial charge >= 0.3 is 0 Å². The summed E-state index contributed by atoms with van der Waals surface area (Å²) in [6.07, 6.45) is -4.48. The van der Waals surface area contributed by atoms with Crippen molar-refractivity contribution in [3.8, 4) is 0 Å². The Hall–Kier alpha value is -0.480. The van der Waals surface area contributed by atoms with Crippen LogP contribution in [0.25, 0.3) is 0 Å². The zero-order valence-corrected chi connectivity index (χ0v) is 18.2. The van der Waals surface area contributed by atoms with Crippen LogP contribution in [0.5, 0.6) is 0 Å². The van der Waals surface area contributed by atoms with Crippen molar-refractivity contribution < 1.29 is 34.3 Å².